The summed E-state index contributed by atoms with van der Waals surface area (Å²) in [5.74, 6) is -0.210. The van der Waals surface area contributed by atoms with Gasteiger partial charge in [0.25, 0.3) is 5.91 Å². The normalized spacial score (nSPS) is 15.5. The summed E-state index contributed by atoms with van der Waals surface area (Å²) in [5, 5.41) is 14.2. The van der Waals surface area contributed by atoms with Crippen LogP contribution in [0.25, 0.3) is 0 Å². The molecule has 184 valence electrons. The van der Waals surface area contributed by atoms with Gasteiger partial charge in [0, 0.05) is 56.6 Å². The van der Waals surface area contributed by atoms with Crippen molar-refractivity contribution >= 4 is 27.8 Å². The maximum Gasteiger partial charge on any atom is 0.254 e. The molecule has 0 radical (unpaired) electrons. The number of hydrogen-bond acceptors (Lipinski definition) is 7. The summed E-state index contributed by atoms with van der Waals surface area (Å²) in [4.78, 5) is 16.6. The van der Waals surface area contributed by atoms with E-state index in [2.05, 4.69) is 15.4 Å². The third kappa shape index (κ3) is 6.34. The first-order valence-electron chi connectivity index (χ1n) is 11.4. The first-order chi connectivity index (χ1) is 16.2. The third-order valence-corrected chi connectivity index (χ3v) is 7.81. The predicted molar refractivity (Wildman–Crippen MR) is 134 cm³/mol. The van der Waals surface area contributed by atoms with Gasteiger partial charge in [0.05, 0.1) is 17.7 Å². The molecule has 0 bridgehead atoms. The number of amides is 1. The van der Waals surface area contributed by atoms with Gasteiger partial charge in [0.2, 0.25) is 10.0 Å². The lowest BCUT2D eigenvalue weighted by molar-refractivity contribution is -0.122. The molecule has 1 aliphatic rings. The summed E-state index contributed by atoms with van der Waals surface area (Å²) in [6.45, 7) is 9.35. The highest BCUT2D eigenvalue weighted by molar-refractivity contribution is 7.89. The maximum absolute atomic E-state index is 12.8. The predicted octanol–water partition coefficient (Wildman–Crippen LogP) is 2.00. The van der Waals surface area contributed by atoms with Crippen molar-refractivity contribution < 1.29 is 18.3 Å². The Labute approximate surface area is 201 Å². The Hall–Kier alpha value is -2.95. The molecule has 2 aromatic rings. The molecule has 2 aromatic carbocycles. The third-order valence-electron chi connectivity index (χ3n) is 5.89. The average molecular weight is 488 g/mol. The number of phenols is 1. The molecule has 1 amide bonds. The molecule has 0 unspecified atom stereocenters. The molecule has 0 aromatic heterocycles. The fraction of sp³-hybridized carbons (Fsp3) is 0.417. The molecule has 1 fully saturated rings. The fourth-order valence-electron chi connectivity index (χ4n) is 3.83. The number of hydrogen-bond donors (Lipinski definition) is 2. The smallest absolute Gasteiger partial charge is 0.254 e. The van der Waals surface area contributed by atoms with Crippen LogP contribution in [0, 0.1) is 6.92 Å². The number of nitrogens with one attached hydrogen (secondary N) is 1. The lowest BCUT2D eigenvalue weighted by Gasteiger charge is -2.33. The van der Waals surface area contributed by atoms with Crippen molar-refractivity contribution in [1.29, 1.82) is 0 Å². The number of carbonyl (C=O) groups excluding carboxylic acids is 1. The summed E-state index contributed by atoms with van der Waals surface area (Å²) in [5.41, 5.74) is 4.91. The number of sulfonamides is 1. The van der Waals surface area contributed by atoms with Crippen LogP contribution >= 0.6 is 0 Å². The number of carbonyl (C=O) groups is 1. The Bertz CT molecular complexity index is 1110. The number of aryl methyl sites for hydroxylation is 1. The molecule has 0 spiro atoms. The zero-order chi connectivity index (χ0) is 24.7. The zero-order valence-electron chi connectivity index (χ0n) is 19.9. The Morgan fingerprint density at radius 2 is 1.74 bits per heavy atom. The first-order valence-corrected chi connectivity index (χ1v) is 12.9. The highest BCUT2D eigenvalue weighted by atomic mass is 32.2. The summed E-state index contributed by atoms with van der Waals surface area (Å²) in [7, 11) is -3.54. The van der Waals surface area contributed by atoms with Gasteiger partial charge in [0.1, 0.15) is 5.75 Å². The lowest BCUT2D eigenvalue weighted by atomic mass is 10.2. The number of aromatic hydroxyl groups is 1. The molecule has 1 heterocycles. The molecular weight excluding hydrogens is 454 g/mol. The highest BCUT2D eigenvalue weighted by Crippen LogP contribution is 2.23. The van der Waals surface area contributed by atoms with Crippen LogP contribution in [0.5, 0.6) is 5.75 Å². The van der Waals surface area contributed by atoms with Crippen LogP contribution in [0.1, 0.15) is 25.0 Å². The van der Waals surface area contributed by atoms with Crippen LogP contribution in [-0.4, -0.2) is 80.7 Å². The minimum Gasteiger partial charge on any atom is -0.507 e. The molecule has 3 rings (SSSR count). The van der Waals surface area contributed by atoms with Gasteiger partial charge in [-0.2, -0.15) is 9.41 Å². The minimum atomic E-state index is -3.54. The Morgan fingerprint density at radius 1 is 1.09 bits per heavy atom. The Balaban J connectivity index is 1.48. The standard InChI is InChI=1S/C24H33N5O4S/c1-4-28(5-2)21-9-8-20(23(30)16-21)17-25-26-24(31)18-27-12-14-29(15-13-27)34(32,33)22-10-6-19(3)7-11-22/h6-11,16-17,30H,4-5,12-15,18H2,1-3H3,(H,26,31)/b25-17-. The van der Waals surface area contributed by atoms with E-state index in [4.69, 9.17) is 0 Å². The van der Waals surface area contributed by atoms with Crippen molar-refractivity contribution in [1.82, 2.24) is 14.6 Å². The van der Waals surface area contributed by atoms with Crippen LogP contribution in [0.4, 0.5) is 5.69 Å². The number of hydrazone groups is 1. The van der Waals surface area contributed by atoms with Crippen LogP contribution < -0.4 is 10.3 Å². The molecule has 2 N–H and O–H groups in total. The zero-order valence-corrected chi connectivity index (χ0v) is 20.8. The van der Waals surface area contributed by atoms with Gasteiger partial charge in [-0.15, -0.1) is 0 Å². The molecule has 1 aliphatic heterocycles. The van der Waals surface area contributed by atoms with E-state index in [1.165, 1.54) is 10.5 Å². The summed E-state index contributed by atoms with van der Waals surface area (Å²) in [6.07, 6.45) is 1.41. The van der Waals surface area contributed by atoms with Crippen molar-refractivity contribution in [2.24, 2.45) is 5.10 Å². The molecule has 0 aliphatic carbocycles. The van der Waals surface area contributed by atoms with E-state index in [0.717, 1.165) is 24.3 Å². The van der Waals surface area contributed by atoms with E-state index in [1.54, 1.807) is 36.4 Å². The molecule has 0 atom stereocenters. The van der Waals surface area contributed by atoms with Gasteiger partial charge in [-0.1, -0.05) is 17.7 Å². The Morgan fingerprint density at radius 3 is 2.32 bits per heavy atom. The molecule has 0 saturated carbocycles. The van der Waals surface area contributed by atoms with Crippen molar-refractivity contribution in [3.63, 3.8) is 0 Å². The van der Waals surface area contributed by atoms with Crippen molar-refractivity contribution in [3.05, 3.63) is 53.6 Å². The lowest BCUT2D eigenvalue weighted by Crippen LogP contribution is -2.50. The second-order valence-electron chi connectivity index (χ2n) is 8.20. The van der Waals surface area contributed by atoms with Gasteiger partial charge >= 0.3 is 0 Å². The van der Waals surface area contributed by atoms with Crippen LogP contribution in [-0.2, 0) is 14.8 Å². The summed E-state index contributed by atoms with van der Waals surface area (Å²) in [6, 6.07) is 12.2. The maximum atomic E-state index is 12.8. The van der Waals surface area contributed by atoms with E-state index in [1.807, 2.05) is 31.7 Å². The van der Waals surface area contributed by atoms with Crippen molar-refractivity contribution in [2.45, 2.75) is 25.7 Å². The molecule has 1 saturated heterocycles. The van der Waals surface area contributed by atoms with Crippen molar-refractivity contribution in [3.8, 4) is 5.75 Å². The second-order valence-corrected chi connectivity index (χ2v) is 10.1. The highest BCUT2D eigenvalue weighted by Gasteiger charge is 2.28. The molecule has 34 heavy (non-hydrogen) atoms. The number of nitrogens with zero attached hydrogens (tertiary/aromatic N) is 4. The van der Waals surface area contributed by atoms with Crippen LogP contribution in [0.3, 0.4) is 0 Å². The SMILES string of the molecule is CCN(CC)c1ccc(/C=N\NC(=O)CN2CCN(S(=O)(=O)c3ccc(C)cc3)CC2)c(O)c1. The Kier molecular flexibility index (Phi) is 8.65. The van der Waals surface area contributed by atoms with E-state index >= 15 is 0 Å². The largest absolute Gasteiger partial charge is 0.507 e. The second kappa shape index (κ2) is 11.5. The van der Waals surface area contributed by atoms with E-state index in [0.29, 0.717) is 31.7 Å². The minimum absolute atomic E-state index is 0.0910. The van der Waals surface area contributed by atoms with E-state index in [-0.39, 0.29) is 23.1 Å². The van der Waals surface area contributed by atoms with Gasteiger partial charge in [-0.05, 0) is 45.0 Å². The van der Waals surface area contributed by atoms with E-state index in [9.17, 15) is 18.3 Å². The average Bonchev–Trinajstić information content (AvgIpc) is 2.82. The number of piperazine rings is 1. The molecular formula is C24H33N5O4S. The number of phenolic OH excluding ortho intramolecular Hbond substituents is 1. The quantitative estimate of drug-likeness (QED) is 0.414. The van der Waals surface area contributed by atoms with Gasteiger partial charge in [-0.25, -0.2) is 13.8 Å². The number of benzene rings is 2. The fourth-order valence-corrected chi connectivity index (χ4v) is 5.25. The first kappa shape index (κ1) is 25.7. The van der Waals surface area contributed by atoms with Gasteiger partial charge in [0.15, 0.2) is 0 Å². The topological polar surface area (TPSA) is 106 Å². The van der Waals surface area contributed by atoms with Gasteiger partial charge < -0.3 is 10.0 Å². The molecule has 9 nitrogen and oxygen atoms in total. The number of anilines is 1. The molecule has 10 heteroatoms. The summed E-state index contributed by atoms with van der Waals surface area (Å²) < 4.78 is 27.1. The van der Waals surface area contributed by atoms with Crippen LogP contribution in [0.15, 0.2) is 52.5 Å². The number of rotatable bonds is 9. The van der Waals surface area contributed by atoms with E-state index < -0.39 is 10.0 Å². The monoisotopic (exact) mass is 487 g/mol. The van der Waals surface area contributed by atoms with Gasteiger partial charge in [-0.3, -0.25) is 9.69 Å². The van der Waals surface area contributed by atoms with Crippen LogP contribution in [0.2, 0.25) is 0 Å². The van der Waals surface area contributed by atoms with Crippen molar-refractivity contribution in [2.75, 3.05) is 50.7 Å². The summed E-state index contributed by atoms with van der Waals surface area (Å²) >= 11 is 0.